The molecule has 0 spiro atoms. The van der Waals surface area contributed by atoms with Gasteiger partial charge in [0.25, 0.3) is 0 Å². The number of ketones is 1. The summed E-state index contributed by atoms with van der Waals surface area (Å²) in [5.74, 6) is 0.187. The lowest BCUT2D eigenvalue weighted by molar-refractivity contribution is -0.126. The lowest BCUT2D eigenvalue weighted by Crippen LogP contribution is -2.34. The van der Waals surface area contributed by atoms with E-state index in [1.54, 1.807) is 24.3 Å². The van der Waals surface area contributed by atoms with Crippen molar-refractivity contribution in [2.75, 3.05) is 13.1 Å². The first-order valence-electron chi connectivity index (χ1n) is 6.90. The van der Waals surface area contributed by atoms with Crippen LogP contribution < -0.4 is 0 Å². The Morgan fingerprint density at radius 3 is 2.39 bits per heavy atom. The van der Waals surface area contributed by atoms with Crippen LogP contribution >= 0.6 is 0 Å². The van der Waals surface area contributed by atoms with Gasteiger partial charge in [-0.05, 0) is 31.8 Å². The summed E-state index contributed by atoms with van der Waals surface area (Å²) in [6.45, 7) is 3.79. The molecule has 0 N–H and O–H groups in total. The van der Waals surface area contributed by atoms with Crippen LogP contribution in [-0.2, 0) is 9.59 Å². The van der Waals surface area contributed by atoms with Crippen LogP contribution in [-0.4, -0.2) is 29.7 Å². The zero-order chi connectivity index (χ0) is 13.2. The molecule has 0 aliphatic carbocycles. The fraction of sp³-hybridized carbons (Fsp3) is 0.600. The second-order valence-corrected chi connectivity index (χ2v) is 4.67. The average Bonchev–Trinajstić information content (AvgIpc) is 2.42. The molecular weight excluding hydrogens is 226 g/mol. The Morgan fingerprint density at radius 1 is 1.06 bits per heavy atom. The van der Waals surface area contributed by atoms with Crippen molar-refractivity contribution in [3.05, 3.63) is 24.3 Å². The standard InChI is InChI=1S/C15H23NO2/c1-2-3-9-14(17)10-5-6-11-15(18)16-12-7-4-8-13-16/h5-6,10-11H,2-4,7-9,12-13H2,1H3/b10-5+,11-6+. The van der Waals surface area contributed by atoms with Crippen molar-refractivity contribution >= 4 is 11.7 Å². The molecule has 1 saturated heterocycles. The van der Waals surface area contributed by atoms with E-state index in [9.17, 15) is 9.59 Å². The number of carbonyl (C=O) groups is 2. The van der Waals surface area contributed by atoms with Gasteiger partial charge in [-0.25, -0.2) is 0 Å². The van der Waals surface area contributed by atoms with Crippen LogP contribution in [0.25, 0.3) is 0 Å². The number of likely N-dealkylation sites (tertiary alicyclic amines) is 1. The molecule has 1 rings (SSSR count). The van der Waals surface area contributed by atoms with Crippen LogP contribution in [0, 0.1) is 0 Å². The predicted octanol–water partition coefficient (Wildman–Crippen LogP) is 2.87. The molecule has 0 bridgehead atoms. The summed E-state index contributed by atoms with van der Waals surface area (Å²) in [6, 6.07) is 0. The number of nitrogens with zero attached hydrogens (tertiary/aromatic N) is 1. The maximum atomic E-state index is 11.7. The number of piperidine rings is 1. The predicted molar refractivity (Wildman–Crippen MR) is 73.2 cm³/mol. The zero-order valence-corrected chi connectivity index (χ0v) is 11.2. The first kappa shape index (κ1) is 14.7. The van der Waals surface area contributed by atoms with Crippen LogP contribution in [0.5, 0.6) is 0 Å². The Morgan fingerprint density at radius 2 is 1.72 bits per heavy atom. The highest BCUT2D eigenvalue weighted by molar-refractivity contribution is 5.91. The van der Waals surface area contributed by atoms with Gasteiger partial charge in [-0.15, -0.1) is 0 Å². The number of rotatable bonds is 6. The highest BCUT2D eigenvalue weighted by Gasteiger charge is 2.13. The quantitative estimate of drug-likeness (QED) is 0.536. The van der Waals surface area contributed by atoms with Gasteiger partial charge in [-0.1, -0.05) is 25.5 Å². The van der Waals surface area contributed by atoms with E-state index >= 15 is 0 Å². The van der Waals surface area contributed by atoms with Gasteiger partial charge in [0.2, 0.25) is 5.91 Å². The summed E-state index contributed by atoms with van der Waals surface area (Å²) in [5, 5.41) is 0. The van der Waals surface area contributed by atoms with E-state index in [0.717, 1.165) is 38.8 Å². The second kappa shape index (κ2) is 8.67. The molecule has 0 radical (unpaired) electrons. The van der Waals surface area contributed by atoms with Crippen LogP contribution in [0.3, 0.4) is 0 Å². The smallest absolute Gasteiger partial charge is 0.246 e. The molecule has 1 aliphatic heterocycles. The maximum absolute atomic E-state index is 11.7. The van der Waals surface area contributed by atoms with Crippen molar-refractivity contribution in [2.45, 2.75) is 45.4 Å². The van der Waals surface area contributed by atoms with Crippen molar-refractivity contribution in [3.63, 3.8) is 0 Å². The molecule has 3 nitrogen and oxygen atoms in total. The Labute approximate surface area is 110 Å². The molecule has 0 atom stereocenters. The molecule has 100 valence electrons. The normalized spacial score (nSPS) is 16.6. The van der Waals surface area contributed by atoms with Gasteiger partial charge in [0.1, 0.15) is 0 Å². The topological polar surface area (TPSA) is 37.4 Å². The number of carbonyl (C=O) groups excluding carboxylic acids is 2. The zero-order valence-electron chi connectivity index (χ0n) is 11.2. The minimum Gasteiger partial charge on any atom is -0.339 e. The molecule has 0 aromatic heterocycles. The molecule has 0 aromatic carbocycles. The third-order valence-electron chi connectivity index (χ3n) is 3.08. The third-order valence-corrected chi connectivity index (χ3v) is 3.08. The van der Waals surface area contributed by atoms with E-state index in [4.69, 9.17) is 0 Å². The van der Waals surface area contributed by atoms with Gasteiger partial charge in [0.15, 0.2) is 5.78 Å². The van der Waals surface area contributed by atoms with Crippen molar-refractivity contribution in [2.24, 2.45) is 0 Å². The SMILES string of the molecule is CCCCC(=O)/C=C/C=C/C(=O)N1CCCCC1. The minimum absolute atomic E-state index is 0.0559. The second-order valence-electron chi connectivity index (χ2n) is 4.67. The molecule has 0 unspecified atom stereocenters. The van der Waals surface area contributed by atoms with Crippen LogP contribution in [0.1, 0.15) is 45.4 Å². The first-order valence-corrected chi connectivity index (χ1v) is 6.90. The number of allylic oxidation sites excluding steroid dienone is 3. The van der Waals surface area contributed by atoms with Gasteiger partial charge < -0.3 is 4.90 Å². The van der Waals surface area contributed by atoms with Crippen LogP contribution in [0.15, 0.2) is 24.3 Å². The Bertz CT molecular complexity index is 325. The van der Waals surface area contributed by atoms with E-state index < -0.39 is 0 Å². The van der Waals surface area contributed by atoms with Crippen LogP contribution in [0.4, 0.5) is 0 Å². The summed E-state index contributed by atoms with van der Waals surface area (Å²) < 4.78 is 0. The molecule has 1 heterocycles. The molecule has 0 aromatic rings. The van der Waals surface area contributed by atoms with E-state index in [1.165, 1.54) is 6.42 Å². The largest absolute Gasteiger partial charge is 0.339 e. The van der Waals surface area contributed by atoms with Gasteiger partial charge in [0, 0.05) is 25.6 Å². The van der Waals surface area contributed by atoms with Crippen LogP contribution in [0.2, 0.25) is 0 Å². The lowest BCUT2D eigenvalue weighted by atomic mass is 10.1. The fourth-order valence-corrected chi connectivity index (χ4v) is 1.95. The van der Waals surface area contributed by atoms with E-state index in [1.807, 2.05) is 4.90 Å². The summed E-state index contributed by atoms with van der Waals surface area (Å²) in [5.41, 5.74) is 0. The van der Waals surface area contributed by atoms with E-state index in [2.05, 4.69) is 6.92 Å². The van der Waals surface area contributed by atoms with Gasteiger partial charge >= 0.3 is 0 Å². The molecule has 18 heavy (non-hydrogen) atoms. The Balaban J connectivity index is 2.28. The van der Waals surface area contributed by atoms with E-state index in [0.29, 0.717) is 6.42 Å². The first-order chi connectivity index (χ1) is 8.74. The monoisotopic (exact) mass is 249 g/mol. The fourth-order valence-electron chi connectivity index (χ4n) is 1.95. The van der Waals surface area contributed by atoms with Gasteiger partial charge in [-0.2, -0.15) is 0 Å². The molecule has 0 saturated carbocycles. The lowest BCUT2D eigenvalue weighted by Gasteiger charge is -2.25. The third kappa shape index (κ3) is 5.80. The van der Waals surface area contributed by atoms with Crippen molar-refractivity contribution in [3.8, 4) is 0 Å². The average molecular weight is 249 g/mol. The Hall–Kier alpha value is -1.38. The summed E-state index contributed by atoms with van der Waals surface area (Å²) in [7, 11) is 0. The highest BCUT2D eigenvalue weighted by atomic mass is 16.2. The van der Waals surface area contributed by atoms with E-state index in [-0.39, 0.29) is 11.7 Å². The van der Waals surface area contributed by atoms with Crippen molar-refractivity contribution < 1.29 is 9.59 Å². The van der Waals surface area contributed by atoms with Crippen molar-refractivity contribution in [1.82, 2.24) is 4.90 Å². The molecule has 1 amide bonds. The number of amides is 1. The summed E-state index contributed by atoms with van der Waals surface area (Å²) in [6.07, 6.45) is 12.4. The highest BCUT2D eigenvalue weighted by Crippen LogP contribution is 2.08. The molecule has 1 fully saturated rings. The number of unbranched alkanes of at least 4 members (excludes halogenated alkanes) is 1. The Kier molecular flexibility index (Phi) is 7.07. The summed E-state index contributed by atoms with van der Waals surface area (Å²) in [4.78, 5) is 24.9. The van der Waals surface area contributed by atoms with Gasteiger partial charge in [-0.3, -0.25) is 9.59 Å². The number of hydrogen-bond acceptors (Lipinski definition) is 2. The number of hydrogen-bond donors (Lipinski definition) is 0. The molecular formula is C15H23NO2. The molecule has 1 aliphatic rings. The molecule has 3 heteroatoms. The minimum atomic E-state index is 0.0559. The maximum Gasteiger partial charge on any atom is 0.246 e. The summed E-state index contributed by atoms with van der Waals surface area (Å²) >= 11 is 0. The van der Waals surface area contributed by atoms with Gasteiger partial charge in [0.05, 0.1) is 0 Å². The van der Waals surface area contributed by atoms with Crippen molar-refractivity contribution in [1.29, 1.82) is 0 Å².